The lowest BCUT2D eigenvalue weighted by Gasteiger charge is -2.33. The largest absolute Gasteiger partial charge is 0.504 e. The summed E-state index contributed by atoms with van der Waals surface area (Å²) < 4.78 is 69.7. The number of amides is 1. The first-order valence-electron chi connectivity index (χ1n) is 9.54. The molecule has 0 unspecified atom stereocenters. The first-order chi connectivity index (χ1) is 15.0. The number of hydrogen-bond donors (Lipinski definition) is 1. The normalized spacial score (nSPS) is 15.8. The van der Waals surface area contributed by atoms with Crippen molar-refractivity contribution in [3.8, 4) is 11.5 Å². The van der Waals surface area contributed by atoms with E-state index < -0.39 is 21.8 Å². The standard InChI is InChI=1S/C21H21F3N2O5S/c1-31-19-14-15(2-8-18(19)27)3-9-20(28)25-10-12-26(13-11-25)32(29,30)17-6-4-16(5-7-17)21(22,23)24/h2-9,14,27H,10-13H2,1H3/b9-3+. The van der Waals surface area contributed by atoms with E-state index in [-0.39, 0.29) is 48.5 Å². The molecule has 1 saturated heterocycles. The Kier molecular flexibility index (Phi) is 6.79. The van der Waals surface area contributed by atoms with Gasteiger partial charge in [0.2, 0.25) is 15.9 Å². The van der Waals surface area contributed by atoms with Crippen molar-refractivity contribution in [1.29, 1.82) is 0 Å². The van der Waals surface area contributed by atoms with Gasteiger partial charge in [-0.15, -0.1) is 0 Å². The zero-order valence-electron chi connectivity index (χ0n) is 17.0. The summed E-state index contributed by atoms with van der Waals surface area (Å²) in [6.45, 7) is 0.329. The Hall–Kier alpha value is -3.05. The van der Waals surface area contributed by atoms with Crippen LogP contribution in [-0.2, 0) is 21.0 Å². The Bertz CT molecular complexity index is 1110. The number of rotatable bonds is 5. The maximum absolute atomic E-state index is 12.7. The number of alkyl halides is 3. The number of carbonyl (C=O) groups excluding carboxylic acids is 1. The molecule has 0 aliphatic carbocycles. The smallest absolute Gasteiger partial charge is 0.416 e. The molecule has 0 radical (unpaired) electrons. The van der Waals surface area contributed by atoms with E-state index in [0.29, 0.717) is 5.56 Å². The lowest BCUT2D eigenvalue weighted by atomic mass is 10.2. The quantitative estimate of drug-likeness (QED) is 0.679. The average Bonchev–Trinajstić information content (AvgIpc) is 2.78. The maximum atomic E-state index is 12.7. The molecule has 1 heterocycles. The molecule has 0 spiro atoms. The lowest BCUT2D eigenvalue weighted by Crippen LogP contribution is -2.50. The molecule has 1 amide bonds. The molecule has 1 N–H and O–H groups in total. The number of carbonyl (C=O) groups is 1. The van der Waals surface area contributed by atoms with Gasteiger partial charge in [-0.05, 0) is 48.0 Å². The molecule has 0 atom stereocenters. The Balaban J connectivity index is 1.62. The Morgan fingerprint density at radius 1 is 1.06 bits per heavy atom. The van der Waals surface area contributed by atoms with Crippen molar-refractivity contribution >= 4 is 22.0 Å². The molecule has 172 valence electrons. The number of halogens is 3. The van der Waals surface area contributed by atoms with Gasteiger partial charge in [-0.25, -0.2) is 8.42 Å². The molecular formula is C21H21F3N2O5S. The molecular weight excluding hydrogens is 449 g/mol. The van der Waals surface area contributed by atoms with E-state index in [1.165, 1.54) is 24.2 Å². The van der Waals surface area contributed by atoms with E-state index in [2.05, 4.69) is 0 Å². The summed E-state index contributed by atoms with van der Waals surface area (Å²) in [6, 6.07) is 7.94. The van der Waals surface area contributed by atoms with Crippen LogP contribution in [0.15, 0.2) is 53.4 Å². The van der Waals surface area contributed by atoms with E-state index in [0.717, 1.165) is 28.6 Å². The van der Waals surface area contributed by atoms with Gasteiger partial charge in [-0.2, -0.15) is 17.5 Å². The maximum Gasteiger partial charge on any atom is 0.416 e. The molecule has 3 rings (SSSR count). The van der Waals surface area contributed by atoms with Crippen LogP contribution in [0.5, 0.6) is 11.5 Å². The molecule has 2 aromatic carbocycles. The van der Waals surface area contributed by atoms with Crippen molar-refractivity contribution < 1.29 is 36.2 Å². The molecule has 0 bridgehead atoms. The van der Waals surface area contributed by atoms with E-state index >= 15 is 0 Å². The summed E-state index contributed by atoms with van der Waals surface area (Å²) in [6.07, 6.45) is -1.66. The number of hydrogen-bond acceptors (Lipinski definition) is 5. The summed E-state index contributed by atoms with van der Waals surface area (Å²) in [5.41, 5.74) is -0.290. The summed E-state index contributed by atoms with van der Waals surface area (Å²) in [4.78, 5) is 13.7. The minimum atomic E-state index is -4.55. The third kappa shape index (κ3) is 5.22. The van der Waals surface area contributed by atoms with Crippen LogP contribution in [0.3, 0.4) is 0 Å². The number of ether oxygens (including phenoxy) is 1. The first-order valence-corrected chi connectivity index (χ1v) is 11.0. The Labute approximate surface area is 183 Å². The minimum Gasteiger partial charge on any atom is -0.504 e. The molecule has 32 heavy (non-hydrogen) atoms. The molecule has 1 aliphatic rings. The van der Waals surface area contributed by atoms with Crippen LogP contribution < -0.4 is 4.74 Å². The highest BCUT2D eigenvalue weighted by atomic mass is 32.2. The van der Waals surface area contributed by atoms with Crippen LogP contribution >= 0.6 is 0 Å². The minimum absolute atomic E-state index is 0.0238. The summed E-state index contributed by atoms with van der Waals surface area (Å²) in [7, 11) is -2.56. The van der Waals surface area contributed by atoms with Crippen LogP contribution in [0, 0.1) is 0 Å². The second-order valence-corrected chi connectivity index (χ2v) is 8.95. The summed E-state index contributed by atoms with van der Waals surface area (Å²) in [5, 5.41) is 9.61. The van der Waals surface area contributed by atoms with Crippen LogP contribution in [0.25, 0.3) is 6.08 Å². The van der Waals surface area contributed by atoms with Gasteiger partial charge in [0.1, 0.15) is 0 Å². The second kappa shape index (κ2) is 9.21. The molecule has 11 heteroatoms. The van der Waals surface area contributed by atoms with Gasteiger partial charge >= 0.3 is 6.18 Å². The topological polar surface area (TPSA) is 87.2 Å². The fourth-order valence-electron chi connectivity index (χ4n) is 3.18. The molecule has 1 fully saturated rings. The Morgan fingerprint density at radius 3 is 2.25 bits per heavy atom. The van der Waals surface area contributed by atoms with Crippen molar-refractivity contribution in [3.05, 3.63) is 59.7 Å². The molecule has 1 aliphatic heterocycles. The SMILES string of the molecule is COc1cc(/C=C/C(=O)N2CCN(S(=O)(=O)c3ccc(C(F)(F)F)cc3)CC2)ccc1O. The molecule has 7 nitrogen and oxygen atoms in total. The van der Waals surface area contributed by atoms with Gasteiger partial charge in [-0.1, -0.05) is 6.07 Å². The Morgan fingerprint density at radius 2 is 1.69 bits per heavy atom. The molecule has 2 aromatic rings. The van der Waals surface area contributed by atoms with Crippen molar-refractivity contribution in [2.45, 2.75) is 11.1 Å². The van der Waals surface area contributed by atoms with Crippen molar-refractivity contribution in [2.24, 2.45) is 0 Å². The van der Waals surface area contributed by atoms with Gasteiger partial charge < -0.3 is 14.7 Å². The van der Waals surface area contributed by atoms with Gasteiger partial charge in [0.25, 0.3) is 0 Å². The third-order valence-corrected chi connectivity index (χ3v) is 6.90. The van der Waals surface area contributed by atoms with Crippen LogP contribution in [-0.4, -0.2) is 61.9 Å². The fraction of sp³-hybridized carbons (Fsp3) is 0.286. The van der Waals surface area contributed by atoms with E-state index in [1.54, 1.807) is 18.2 Å². The van der Waals surface area contributed by atoms with Crippen molar-refractivity contribution in [1.82, 2.24) is 9.21 Å². The predicted octanol–water partition coefficient (Wildman–Crippen LogP) is 2.97. The second-order valence-electron chi connectivity index (χ2n) is 7.02. The summed E-state index contributed by atoms with van der Waals surface area (Å²) in [5.74, 6) is -0.0772. The van der Waals surface area contributed by atoms with Crippen molar-refractivity contribution in [3.63, 3.8) is 0 Å². The number of aromatic hydroxyl groups is 1. The predicted molar refractivity (Wildman–Crippen MR) is 110 cm³/mol. The third-order valence-electron chi connectivity index (χ3n) is 4.99. The fourth-order valence-corrected chi connectivity index (χ4v) is 4.61. The number of benzene rings is 2. The number of phenolic OH excluding ortho intramolecular Hbond substituents is 1. The summed E-state index contributed by atoms with van der Waals surface area (Å²) >= 11 is 0. The number of phenols is 1. The zero-order valence-corrected chi connectivity index (χ0v) is 17.9. The highest BCUT2D eigenvalue weighted by Crippen LogP contribution is 2.30. The number of sulfonamides is 1. The average molecular weight is 470 g/mol. The monoisotopic (exact) mass is 470 g/mol. The van der Waals surface area contributed by atoms with Crippen LogP contribution in [0.1, 0.15) is 11.1 Å². The van der Waals surface area contributed by atoms with Crippen LogP contribution in [0.2, 0.25) is 0 Å². The van der Waals surface area contributed by atoms with Crippen molar-refractivity contribution in [2.75, 3.05) is 33.3 Å². The van der Waals surface area contributed by atoms with Gasteiger partial charge in [-0.3, -0.25) is 4.79 Å². The van der Waals surface area contributed by atoms with Crippen LogP contribution in [0.4, 0.5) is 13.2 Å². The first kappa shape index (κ1) is 23.6. The highest BCUT2D eigenvalue weighted by Gasteiger charge is 2.33. The molecule has 0 saturated carbocycles. The number of nitrogens with zero attached hydrogens (tertiary/aromatic N) is 2. The molecule has 0 aromatic heterocycles. The lowest BCUT2D eigenvalue weighted by molar-refractivity contribution is -0.137. The van der Waals surface area contributed by atoms with E-state index in [1.807, 2.05) is 0 Å². The number of piperazine rings is 1. The van der Waals surface area contributed by atoms with Gasteiger partial charge in [0, 0.05) is 32.3 Å². The van der Waals surface area contributed by atoms with Gasteiger partial charge in [0.05, 0.1) is 17.6 Å². The van der Waals surface area contributed by atoms with Gasteiger partial charge in [0.15, 0.2) is 11.5 Å². The van der Waals surface area contributed by atoms with E-state index in [4.69, 9.17) is 4.74 Å². The van der Waals surface area contributed by atoms with E-state index in [9.17, 15) is 31.5 Å². The number of methoxy groups -OCH3 is 1. The zero-order chi connectivity index (χ0) is 23.5. The highest BCUT2D eigenvalue weighted by molar-refractivity contribution is 7.89.